The molecule has 148 valence electrons. The number of ether oxygens (including phenoxy) is 3. The Morgan fingerprint density at radius 2 is 2.07 bits per heavy atom. The van der Waals surface area contributed by atoms with Gasteiger partial charge in [0.05, 0.1) is 29.8 Å². The highest BCUT2D eigenvalue weighted by atomic mass is 79.9. The molecule has 0 aromatic heterocycles. The number of halogens is 1. The number of carbonyl (C=O) groups is 1. The largest absolute Gasteiger partial charge is 0.497 e. The molecule has 2 rings (SSSR count). The van der Waals surface area contributed by atoms with Gasteiger partial charge in [-0.1, -0.05) is 12.1 Å². The third kappa shape index (κ3) is 6.17. The van der Waals surface area contributed by atoms with Crippen LogP contribution in [0.1, 0.15) is 25.0 Å². The Hall–Kier alpha value is -2.72. The van der Waals surface area contributed by atoms with Gasteiger partial charge in [0.25, 0.3) is 5.91 Å². The van der Waals surface area contributed by atoms with Gasteiger partial charge < -0.3 is 19.5 Å². The van der Waals surface area contributed by atoms with Crippen molar-refractivity contribution < 1.29 is 19.0 Å². The van der Waals surface area contributed by atoms with E-state index < -0.39 is 0 Å². The highest BCUT2D eigenvalue weighted by Gasteiger charge is 2.15. The summed E-state index contributed by atoms with van der Waals surface area (Å²) in [6, 6.07) is 12.9. The number of nitrogens with zero attached hydrogens (tertiary/aromatic N) is 1. The van der Waals surface area contributed by atoms with Crippen LogP contribution in [0, 0.1) is 11.3 Å². The van der Waals surface area contributed by atoms with E-state index in [4.69, 9.17) is 19.5 Å². The minimum absolute atomic E-state index is 0.0704. The van der Waals surface area contributed by atoms with Crippen LogP contribution in [-0.4, -0.2) is 32.3 Å². The lowest BCUT2D eigenvalue weighted by atomic mass is 10.1. The first-order chi connectivity index (χ1) is 13.5. The Morgan fingerprint density at radius 3 is 2.75 bits per heavy atom. The zero-order valence-corrected chi connectivity index (χ0v) is 17.7. The zero-order chi connectivity index (χ0) is 20.5. The van der Waals surface area contributed by atoms with Gasteiger partial charge in [-0.05, 0) is 60.0 Å². The van der Waals surface area contributed by atoms with E-state index in [9.17, 15) is 4.79 Å². The van der Waals surface area contributed by atoms with E-state index in [-0.39, 0.29) is 18.6 Å². The van der Waals surface area contributed by atoms with Gasteiger partial charge in [0.2, 0.25) is 0 Å². The van der Waals surface area contributed by atoms with Crippen LogP contribution in [-0.2, 0) is 11.2 Å². The Kier molecular flexibility index (Phi) is 8.15. The second-order valence-electron chi connectivity index (χ2n) is 6.14. The first-order valence-corrected chi connectivity index (χ1v) is 9.67. The zero-order valence-electron chi connectivity index (χ0n) is 16.1. The summed E-state index contributed by atoms with van der Waals surface area (Å²) in [4.78, 5) is 12.3. The highest BCUT2D eigenvalue weighted by Crippen LogP contribution is 2.36. The maximum absolute atomic E-state index is 12.3. The van der Waals surface area contributed by atoms with Gasteiger partial charge in [-0.3, -0.25) is 4.79 Å². The van der Waals surface area contributed by atoms with Crippen molar-refractivity contribution in [3.63, 3.8) is 0 Å². The molecule has 0 saturated carbocycles. The van der Waals surface area contributed by atoms with Crippen molar-refractivity contribution >= 4 is 21.8 Å². The minimum atomic E-state index is -0.242. The quantitative estimate of drug-likeness (QED) is 0.632. The van der Waals surface area contributed by atoms with E-state index in [1.165, 1.54) is 0 Å². The van der Waals surface area contributed by atoms with Crippen molar-refractivity contribution in [3.05, 3.63) is 52.0 Å². The van der Waals surface area contributed by atoms with Crippen LogP contribution in [0.15, 0.2) is 40.9 Å². The standard InChI is InChI=1S/C21H23BrN2O4/c1-4-27-19-11-16(12-23)10-18(22)21(19)28-13-20(25)24-14(2)8-15-6-5-7-17(9-15)26-3/h5-7,9-11,14H,4,8,13H2,1-3H3,(H,24,25). The van der Waals surface area contributed by atoms with Crippen LogP contribution < -0.4 is 19.5 Å². The molecule has 0 heterocycles. The lowest BCUT2D eigenvalue weighted by molar-refractivity contribution is -0.123. The molecule has 1 unspecified atom stereocenters. The Labute approximate surface area is 173 Å². The van der Waals surface area contributed by atoms with Crippen LogP contribution in [0.5, 0.6) is 17.2 Å². The maximum Gasteiger partial charge on any atom is 0.258 e. The Balaban J connectivity index is 1.95. The van der Waals surface area contributed by atoms with Crippen LogP contribution in [0.25, 0.3) is 0 Å². The van der Waals surface area contributed by atoms with Crippen LogP contribution >= 0.6 is 15.9 Å². The maximum atomic E-state index is 12.3. The molecule has 0 radical (unpaired) electrons. The lowest BCUT2D eigenvalue weighted by Crippen LogP contribution is -2.37. The molecule has 28 heavy (non-hydrogen) atoms. The van der Waals surface area contributed by atoms with E-state index in [0.29, 0.717) is 34.6 Å². The van der Waals surface area contributed by atoms with Crippen LogP contribution in [0.4, 0.5) is 0 Å². The van der Waals surface area contributed by atoms with Crippen molar-refractivity contribution in [2.24, 2.45) is 0 Å². The summed E-state index contributed by atoms with van der Waals surface area (Å²) >= 11 is 3.37. The van der Waals surface area contributed by atoms with E-state index in [2.05, 4.69) is 27.3 Å². The minimum Gasteiger partial charge on any atom is -0.497 e. The molecule has 0 fully saturated rings. The topological polar surface area (TPSA) is 80.6 Å². The summed E-state index contributed by atoms with van der Waals surface area (Å²) in [5, 5.41) is 12.0. The number of carbonyl (C=O) groups excluding carboxylic acids is 1. The highest BCUT2D eigenvalue weighted by molar-refractivity contribution is 9.10. The van der Waals surface area contributed by atoms with Crippen molar-refractivity contribution in [2.45, 2.75) is 26.3 Å². The molecule has 2 aromatic carbocycles. The molecule has 1 atom stereocenters. The average molecular weight is 447 g/mol. The first kappa shape index (κ1) is 21.6. The summed E-state index contributed by atoms with van der Waals surface area (Å²) < 4.78 is 17.0. The van der Waals surface area contributed by atoms with Crippen molar-refractivity contribution in [1.29, 1.82) is 5.26 Å². The molecule has 7 heteroatoms. The van der Waals surface area contributed by atoms with E-state index in [1.54, 1.807) is 19.2 Å². The number of amides is 1. The van der Waals surface area contributed by atoms with Gasteiger partial charge in [-0.25, -0.2) is 0 Å². The van der Waals surface area contributed by atoms with E-state index >= 15 is 0 Å². The predicted octanol–water partition coefficient (Wildman–Crippen LogP) is 3.85. The van der Waals surface area contributed by atoms with Gasteiger partial charge in [0.15, 0.2) is 18.1 Å². The molecular weight excluding hydrogens is 424 g/mol. The lowest BCUT2D eigenvalue weighted by Gasteiger charge is -2.17. The summed E-state index contributed by atoms with van der Waals surface area (Å²) in [5.74, 6) is 1.37. The molecule has 0 spiro atoms. The number of hydrogen-bond acceptors (Lipinski definition) is 5. The van der Waals surface area contributed by atoms with E-state index in [0.717, 1.165) is 11.3 Å². The molecule has 0 bridgehead atoms. The molecule has 1 amide bonds. The number of hydrogen-bond donors (Lipinski definition) is 1. The fourth-order valence-electron chi connectivity index (χ4n) is 2.69. The molecule has 1 N–H and O–H groups in total. The fraction of sp³-hybridized carbons (Fsp3) is 0.333. The molecule has 0 aliphatic heterocycles. The molecular formula is C21H23BrN2O4. The van der Waals surface area contributed by atoms with Gasteiger partial charge in [-0.2, -0.15) is 5.26 Å². The van der Waals surface area contributed by atoms with Crippen molar-refractivity contribution in [3.8, 4) is 23.3 Å². The van der Waals surface area contributed by atoms with Gasteiger partial charge in [0.1, 0.15) is 5.75 Å². The summed E-state index contributed by atoms with van der Waals surface area (Å²) in [7, 11) is 1.62. The van der Waals surface area contributed by atoms with Crippen LogP contribution in [0.2, 0.25) is 0 Å². The molecule has 0 aliphatic carbocycles. The normalized spacial score (nSPS) is 11.2. The monoisotopic (exact) mass is 446 g/mol. The SMILES string of the molecule is CCOc1cc(C#N)cc(Br)c1OCC(=O)NC(C)Cc1cccc(OC)c1. The average Bonchev–Trinajstić information content (AvgIpc) is 2.67. The molecule has 0 aliphatic rings. The Bertz CT molecular complexity index is 864. The molecule has 6 nitrogen and oxygen atoms in total. The third-order valence-corrected chi connectivity index (χ3v) is 4.46. The first-order valence-electron chi connectivity index (χ1n) is 8.88. The summed E-state index contributed by atoms with van der Waals surface area (Å²) in [6.07, 6.45) is 0.674. The predicted molar refractivity (Wildman–Crippen MR) is 110 cm³/mol. The van der Waals surface area contributed by atoms with Gasteiger partial charge >= 0.3 is 0 Å². The second kappa shape index (κ2) is 10.6. The molecule has 2 aromatic rings. The number of nitriles is 1. The van der Waals surface area contributed by atoms with E-state index in [1.807, 2.05) is 38.1 Å². The number of methoxy groups -OCH3 is 1. The third-order valence-electron chi connectivity index (χ3n) is 3.87. The molecule has 0 saturated heterocycles. The summed E-state index contributed by atoms with van der Waals surface area (Å²) in [6.45, 7) is 4.03. The number of benzene rings is 2. The number of nitrogens with one attached hydrogen (secondary N) is 1. The van der Waals surface area contributed by atoms with Crippen molar-refractivity contribution in [2.75, 3.05) is 20.3 Å². The number of rotatable bonds is 9. The Morgan fingerprint density at radius 1 is 1.29 bits per heavy atom. The van der Waals surface area contributed by atoms with Gasteiger partial charge in [0, 0.05) is 12.1 Å². The second-order valence-corrected chi connectivity index (χ2v) is 7.00. The summed E-state index contributed by atoms with van der Waals surface area (Å²) in [5.41, 5.74) is 1.51. The van der Waals surface area contributed by atoms with Gasteiger partial charge in [-0.15, -0.1) is 0 Å². The fourth-order valence-corrected chi connectivity index (χ4v) is 3.25. The van der Waals surface area contributed by atoms with Crippen LogP contribution in [0.3, 0.4) is 0 Å². The smallest absolute Gasteiger partial charge is 0.258 e. The van der Waals surface area contributed by atoms with Crippen molar-refractivity contribution in [1.82, 2.24) is 5.32 Å².